The molecular weight excluding hydrogens is 370 g/mol. The molecule has 0 saturated heterocycles. The largest absolute Gasteiger partial charge is 0.480 e. The summed E-state index contributed by atoms with van der Waals surface area (Å²) in [6, 6.07) is -4.07. The van der Waals surface area contributed by atoms with E-state index in [0.717, 1.165) is 0 Å². The summed E-state index contributed by atoms with van der Waals surface area (Å²) in [5.41, 5.74) is 10.4. The first-order valence-corrected chi connectivity index (χ1v) is 9.02. The molecule has 0 radical (unpaired) electrons. The van der Waals surface area contributed by atoms with Crippen LogP contribution in [0, 0.1) is 5.92 Å². The van der Waals surface area contributed by atoms with Crippen molar-refractivity contribution in [1.29, 1.82) is 0 Å². The van der Waals surface area contributed by atoms with Gasteiger partial charge in [-0.15, -0.1) is 0 Å². The number of nitrogens with two attached hydrogens (primary N) is 2. The molecule has 160 valence electrons. The Morgan fingerprint density at radius 3 is 1.82 bits per heavy atom. The van der Waals surface area contributed by atoms with E-state index in [-0.39, 0.29) is 25.2 Å². The predicted molar refractivity (Wildman–Crippen MR) is 101 cm³/mol. The first-order valence-electron chi connectivity index (χ1n) is 9.02. The Labute approximate surface area is 164 Å². The Kier molecular flexibility index (Phi) is 10.8. The van der Waals surface area contributed by atoms with E-state index in [0.29, 0.717) is 0 Å². The summed E-state index contributed by atoms with van der Waals surface area (Å²) in [5, 5.41) is 16.4. The number of carbonyl (C=O) groups excluding carboxylic acids is 4. The first kappa shape index (κ1) is 25.3. The number of rotatable bonds is 12. The fourth-order valence-corrected chi connectivity index (χ4v) is 2.23. The van der Waals surface area contributed by atoms with E-state index >= 15 is 0 Å². The molecule has 0 aromatic rings. The lowest BCUT2D eigenvalue weighted by Gasteiger charge is -2.24. The maximum Gasteiger partial charge on any atom is 0.326 e. The zero-order valence-corrected chi connectivity index (χ0v) is 16.7. The number of hydrogen-bond acceptors (Lipinski definition) is 6. The maximum absolute atomic E-state index is 12.5. The molecule has 0 fully saturated rings. The van der Waals surface area contributed by atoms with Crippen molar-refractivity contribution in [1.82, 2.24) is 16.0 Å². The van der Waals surface area contributed by atoms with Gasteiger partial charge in [-0.1, -0.05) is 13.8 Å². The number of carboxylic acids is 1. The Morgan fingerprint density at radius 2 is 1.39 bits per heavy atom. The standard InChI is InChI=1S/C17H31N5O6/c1-8(2)7-12(22-15(25)10(4)20-14(24)9(3)18)16(26)21-11(17(27)28)5-6-13(19)23/h8-12H,5-7,18H2,1-4H3,(H2,19,23)(H,20,24)(H,21,26)(H,22,25)(H,27,28). The van der Waals surface area contributed by atoms with Gasteiger partial charge in [0.05, 0.1) is 6.04 Å². The van der Waals surface area contributed by atoms with Crippen molar-refractivity contribution in [2.24, 2.45) is 17.4 Å². The molecule has 0 heterocycles. The van der Waals surface area contributed by atoms with Gasteiger partial charge in [-0.25, -0.2) is 4.79 Å². The van der Waals surface area contributed by atoms with Crippen molar-refractivity contribution in [3.8, 4) is 0 Å². The Balaban J connectivity index is 5.10. The van der Waals surface area contributed by atoms with E-state index in [2.05, 4.69) is 16.0 Å². The maximum atomic E-state index is 12.5. The third-order valence-corrected chi connectivity index (χ3v) is 3.80. The molecule has 0 aliphatic rings. The SMILES string of the molecule is CC(C)CC(NC(=O)C(C)NC(=O)C(C)N)C(=O)NC(CCC(N)=O)C(=O)O. The fraction of sp³-hybridized carbons (Fsp3) is 0.706. The van der Waals surface area contributed by atoms with E-state index in [9.17, 15) is 29.1 Å². The van der Waals surface area contributed by atoms with Crippen LogP contribution in [-0.4, -0.2) is 58.9 Å². The van der Waals surface area contributed by atoms with Gasteiger partial charge in [0, 0.05) is 6.42 Å². The number of hydrogen-bond donors (Lipinski definition) is 6. The predicted octanol–water partition coefficient (Wildman–Crippen LogP) is -1.80. The van der Waals surface area contributed by atoms with E-state index < -0.39 is 53.8 Å². The average molecular weight is 401 g/mol. The minimum absolute atomic E-state index is 0.0129. The zero-order valence-electron chi connectivity index (χ0n) is 16.7. The Morgan fingerprint density at radius 1 is 0.857 bits per heavy atom. The van der Waals surface area contributed by atoms with Crippen LogP contribution in [0.15, 0.2) is 0 Å². The number of primary amides is 1. The summed E-state index contributed by atoms with van der Waals surface area (Å²) in [4.78, 5) is 58.6. The zero-order chi connectivity index (χ0) is 22.0. The van der Waals surface area contributed by atoms with Crippen LogP contribution < -0.4 is 27.4 Å². The summed E-state index contributed by atoms with van der Waals surface area (Å²) >= 11 is 0. The molecule has 4 amide bonds. The van der Waals surface area contributed by atoms with E-state index in [1.165, 1.54) is 13.8 Å². The smallest absolute Gasteiger partial charge is 0.326 e. The third-order valence-electron chi connectivity index (χ3n) is 3.80. The van der Waals surface area contributed by atoms with Crippen LogP contribution in [0.3, 0.4) is 0 Å². The number of carbonyl (C=O) groups is 5. The molecule has 0 aliphatic carbocycles. The first-order chi connectivity index (χ1) is 12.8. The van der Waals surface area contributed by atoms with Crippen LogP contribution in [-0.2, 0) is 24.0 Å². The van der Waals surface area contributed by atoms with Gasteiger partial charge in [0.2, 0.25) is 23.6 Å². The molecule has 11 heteroatoms. The third kappa shape index (κ3) is 9.86. The van der Waals surface area contributed by atoms with Crippen molar-refractivity contribution in [3.05, 3.63) is 0 Å². The van der Waals surface area contributed by atoms with Crippen molar-refractivity contribution < 1.29 is 29.1 Å². The highest BCUT2D eigenvalue weighted by atomic mass is 16.4. The number of carboxylic acid groups (broad SMARTS) is 1. The lowest BCUT2D eigenvalue weighted by atomic mass is 10.0. The van der Waals surface area contributed by atoms with Crippen molar-refractivity contribution in [3.63, 3.8) is 0 Å². The molecule has 0 spiro atoms. The second-order valence-corrected chi connectivity index (χ2v) is 7.11. The second-order valence-electron chi connectivity index (χ2n) is 7.11. The van der Waals surface area contributed by atoms with E-state index in [4.69, 9.17) is 11.5 Å². The molecule has 0 aromatic carbocycles. The second kappa shape index (κ2) is 11.9. The van der Waals surface area contributed by atoms with Gasteiger partial charge in [0.25, 0.3) is 0 Å². The molecule has 0 aliphatic heterocycles. The van der Waals surface area contributed by atoms with Crippen LogP contribution in [0.2, 0.25) is 0 Å². The van der Waals surface area contributed by atoms with Gasteiger partial charge in [-0.2, -0.15) is 0 Å². The molecule has 0 bridgehead atoms. The highest BCUT2D eigenvalue weighted by Crippen LogP contribution is 2.07. The van der Waals surface area contributed by atoms with Crippen molar-refractivity contribution in [2.75, 3.05) is 0 Å². The normalized spacial score (nSPS) is 15.1. The quantitative estimate of drug-likeness (QED) is 0.222. The summed E-state index contributed by atoms with van der Waals surface area (Å²) < 4.78 is 0. The summed E-state index contributed by atoms with van der Waals surface area (Å²) in [6.07, 6.45) is -0.133. The number of nitrogens with one attached hydrogen (secondary N) is 3. The van der Waals surface area contributed by atoms with Crippen LogP contribution in [0.1, 0.15) is 47.0 Å². The molecule has 0 saturated carbocycles. The molecule has 8 N–H and O–H groups in total. The molecule has 0 aromatic heterocycles. The van der Waals surface area contributed by atoms with Crippen molar-refractivity contribution >= 4 is 29.6 Å². The van der Waals surface area contributed by atoms with Gasteiger partial charge in [0.15, 0.2) is 0 Å². The van der Waals surface area contributed by atoms with Crippen molar-refractivity contribution in [2.45, 2.75) is 71.1 Å². The van der Waals surface area contributed by atoms with Crippen LogP contribution in [0.5, 0.6) is 0 Å². The molecule has 4 atom stereocenters. The van der Waals surface area contributed by atoms with Gasteiger partial charge in [-0.3, -0.25) is 19.2 Å². The number of aliphatic carboxylic acids is 1. The lowest BCUT2D eigenvalue weighted by Crippen LogP contribution is -2.56. The molecule has 0 rings (SSSR count). The average Bonchev–Trinajstić information content (AvgIpc) is 2.56. The van der Waals surface area contributed by atoms with Gasteiger partial charge in [-0.05, 0) is 32.6 Å². The van der Waals surface area contributed by atoms with Gasteiger partial charge >= 0.3 is 5.97 Å². The monoisotopic (exact) mass is 401 g/mol. The summed E-state index contributed by atoms with van der Waals surface area (Å²) in [7, 11) is 0. The van der Waals surface area contributed by atoms with Gasteiger partial charge < -0.3 is 32.5 Å². The van der Waals surface area contributed by atoms with Crippen LogP contribution in [0.25, 0.3) is 0 Å². The highest BCUT2D eigenvalue weighted by Gasteiger charge is 2.29. The minimum atomic E-state index is -1.32. The molecule has 11 nitrogen and oxygen atoms in total. The summed E-state index contributed by atoms with van der Waals surface area (Å²) in [5.74, 6) is -3.83. The fourth-order valence-electron chi connectivity index (χ4n) is 2.23. The highest BCUT2D eigenvalue weighted by molar-refractivity contribution is 5.93. The molecule has 4 unspecified atom stereocenters. The Hall–Kier alpha value is -2.69. The van der Waals surface area contributed by atoms with Crippen LogP contribution >= 0.6 is 0 Å². The van der Waals surface area contributed by atoms with Crippen LogP contribution in [0.4, 0.5) is 0 Å². The Bertz CT molecular complexity index is 593. The van der Waals surface area contributed by atoms with E-state index in [1.807, 2.05) is 13.8 Å². The van der Waals surface area contributed by atoms with E-state index in [1.54, 1.807) is 0 Å². The molecule has 28 heavy (non-hydrogen) atoms. The minimum Gasteiger partial charge on any atom is -0.480 e. The molecular formula is C17H31N5O6. The topological polar surface area (TPSA) is 194 Å². The lowest BCUT2D eigenvalue weighted by molar-refractivity contribution is -0.142. The summed E-state index contributed by atoms with van der Waals surface area (Å²) in [6.45, 7) is 6.56. The van der Waals surface area contributed by atoms with Gasteiger partial charge in [0.1, 0.15) is 18.1 Å². The number of amides is 4.